The predicted octanol–water partition coefficient (Wildman–Crippen LogP) is 1.01. The molecule has 1 aliphatic carbocycles. The maximum atomic E-state index is 11.6. The van der Waals surface area contributed by atoms with Gasteiger partial charge in [-0.2, -0.15) is 0 Å². The number of nitrogens with one attached hydrogen (secondary N) is 1. The van der Waals surface area contributed by atoms with Gasteiger partial charge in [0, 0.05) is 81.9 Å². The molecular formula is C11H9Ar2NO2. The van der Waals surface area contributed by atoms with Crippen molar-refractivity contribution in [2.75, 3.05) is 0 Å². The summed E-state index contributed by atoms with van der Waals surface area (Å²) in [5.74, 6) is -0.265. The van der Waals surface area contributed by atoms with Crippen molar-refractivity contribution in [3.63, 3.8) is 0 Å². The zero-order valence-electron chi connectivity index (χ0n) is 8.30. The van der Waals surface area contributed by atoms with E-state index in [0.29, 0.717) is 22.4 Å². The topological polar surface area (TPSA) is 46.2 Å². The van der Waals surface area contributed by atoms with Crippen LogP contribution in [0, 0.1) is 75.5 Å². The van der Waals surface area contributed by atoms with Crippen LogP contribution in [0.2, 0.25) is 0 Å². The van der Waals surface area contributed by atoms with E-state index in [1.54, 1.807) is 6.08 Å². The molecule has 16 heavy (non-hydrogen) atoms. The van der Waals surface area contributed by atoms with Crippen molar-refractivity contribution in [1.29, 1.82) is 0 Å². The number of hydrogen-bond acceptors (Lipinski definition) is 2. The normalized spacial score (nSPS) is 17.5. The second-order valence-corrected chi connectivity index (χ2v) is 3.15. The Morgan fingerprint density at radius 2 is 1.69 bits per heavy atom. The van der Waals surface area contributed by atoms with Gasteiger partial charge >= 0.3 is 0 Å². The Hall–Kier alpha value is 0.619. The van der Waals surface area contributed by atoms with E-state index in [1.807, 2.05) is 0 Å². The van der Waals surface area contributed by atoms with Crippen LogP contribution in [0.15, 0.2) is 47.7 Å². The standard InChI is InChI=1S/C11H9NO2.2Ar/c1-3-6-5-8(13)10-7(4-2)12-11(14)9(6)10;;/h3-4H,1-2,5H2,(H,12,14);;. The molecule has 0 aromatic heterocycles. The Labute approximate surface area is 154 Å². The van der Waals surface area contributed by atoms with Crippen LogP contribution in [0.25, 0.3) is 0 Å². The summed E-state index contributed by atoms with van der Waals surface area (Å²) in [4.78, 5) is 23.0. The molecule has 0 aromatic carbocycles. The van der Waals surface area contributed by atoms with Gasteiger partial charge in [-0.1, -0.05) is 19.2 Å². The summed E-state index contributed by atoms with van der Waals surface area (Å²) in [7, 11) is 0. The Morgan fingerprint density at radius 3 is 2.19 bits per heavy atom. The molecule has 0 spiro atoms. The molecule has 0 bridgehead atoms. The van der Waals surface area contributed by atoms with Crippen molar-refractivity contribution in [3.05, 3.63) is 47.7 Å². The van der Waals surface area contributed by atoms with Gasteiger partial charge in [0.25, 0.3) is 5.91 Å². The maximum Gasteiger partial charge on any atom is 0.256 e. The molecule has 0 saturated heterocycles. The molecule has 2 rings (SSSR count). The minimum absolute atomic E-state index is 0. The average Bonchev–Trinajstić information content (AvgIpc) is 2.67. The fourth-order valence-electron chi connectivity index (χ4n) is 1.77. The molecule has 1 N–H and O–H groups in total. The predicted molar refractivity (Wildman–Crippen MR) is 52.2 cm³/mol. The van der Waals surface area contributed by atoms with Crippen LogP contribution >= 0.6 is 0 Å². The molecule has 0 aromatic rings. The van der Waals surface area contributed by atoms with Gasteiger partial charge in [0.15, 0.2) is 5.78 Å². The van der Waals surface area contributed by atoms with Crippen molar-refractivity contribution >= 4 is 11.7 Å². The summed E-state index contributed by atoms with van der Waals surface area (Å²) >= 11 is 0. The monoisotopic (exact) mass is 267 g/mol. The van der Waals surface area contributed by atoms with Crippen LogP contribution in [0.5, 0.6) is 0 Å². The molecule has 1 heterocycles. The Kier molecular flexibility index (Phi) is 6.78. The van der Waals surface area contributed by atoms with Gasteiger partial charge in [-0.25, -0.2) is 0 Å². The smallest absolute Gasteiger partial charge is 0.256 e. The van der Waals surface area contributed by atoms with Gasteiger partial charge in [-0.15, -0.1) is 0 Å². The van der Waals surface area contributed by atoms with Gasteiger partial charge in [-0.3, -0.25) is 9.59 Å². The SMILES string of the molecule is C=CC1=C2C(=O)NC(C=C)=C2C(=O)C1.[Ar].[Ar]. The number of hydrogen-bond donors (Lipinski definition) is 1. The van der Waals surface area contributed by atoms with Crippen molar-refractivity contribution in [2.24, 2.45) is 0 Å². The maximum absolute atomic E-state index is 11.6. The number of Topliss-reactive ketones (excluding diaryl/α,β-unsaturated/α-hetero) is 1. The third kappa shape index (κ3) is 2.55. The van der Waals surface area contributed by atoms with Gasteiger partial charge in [0.2, 0.25) is 0 Å². The molecule has 0 atom stereocenters. The first-order valence-corrected chi connectivity index (χ1v) is 4.26. The zero-order chi connectivity index (χ0) is 10.3. The minimum Gasteiger partial charge on any atom is -0.321 e. The van der Waals surface area contributed by atoms with Crippen LogP contribution < -0.4 is 5.32 Å². The first-order chi connectivity index (χ1) is 6.69. The largest absolute Gasteiger partial charge is 0.321 e. The molecule has 0 radical (unpaired) electrons. The van der Waals surface area contributed by atoms with Gasteiger partial charge in [0.05, 0.1) is 16.8 Å². The molecule has 1 amide bonds. The molecule has 5 heteroatoms. The Bertz CT molecular complexity index is 405. The molecular weight excluding hydrogens is 258 g/mol. The quantitative estimate of drug-likeness (QED) is 0.811. The van der Waals surface area contributed by atoms with Crippen LogP contribution in [-0.4, -0.2) is 11.7 Å². The first-order valence-electron chi connectivity index (χ1n) is 4.26. The number of rotatable bonds is 2. The Morgan fingerprint density at radius 1 is 1.06 bits per heavy atom. The van der Waals surface area contributed by atoms with E-state index in [9.17, 15) is 9.59 Å². The average molecular weight is 267 g/mol. The Balaban J connectivity index is 0.00000112. The number of allylic oxidation sites excluding steroid dienone is 3. The summed E-state index contributed by atoms with van der Waals surface area (Å²) in [5.41, 5.74) is 2.17. The summed E-state index contributed by atoms with van der Waals surface area (Å²) < 4.78 is 0. The van der Waals surface area contributed by atoms with Gasteiger partial charge in [0.1, 0.15) is 0 Å². The van der Waals surface area contributed by atoms with Crippen molar-refractivity contribution < 1.29 is 85.1 Å². The van der Waals surface area contributed by atoms with Crippen LogP contribution in [-0.2, 0) is 9.59 Å². The number of ketones is 1. The second-order valence-electron chi connectivity index (χ2n) is 3.15. The molecule has 0 fully saturated rings. The molecule has 1 aliphatic heterocycles. The van der Waals surface area contributed by atoms with Crippen LogP contribution in [0.1, 0.15) is 6.42 Å². The third-order valence-corrected chi connectivity index (χ3v) is 2.40. The summed E-state index contributed by atoms with van der Waals surface area (Å²) in [6.45, 7) is 7.13. The van der Waals surface area contributed by atoms with E-state index in [2.05, 4.69) is 18.5 Å². The van der Waals surface area contributed by atoms with Gasteiger partial charge < -0.3 is 5.32 Å². The van der Waals surface area contributed by atoms with Crippen LogP contribution in [0.4, 0.5) is 0 Å². The van der Waals surface area contributed by atoms with E-state index in [-0.39, 0.29) is 93.6 Å². The second kappa shape index (κ2) is 6.52. The van der Waals surface area contributed by atoms with Crippen molar-refractivity contribution in [3.8, 4) is 0 Å². The number of amides is 1. The number of carbonyl (C=O) groups excluding carboxylic acids is 2. The zero-order valence-corrected chi connectivity index (χ0v) is 9.71. The summed E-state index contributed by atoms with van der Waals surface area (Å²) in [6.07, 6.45) is 3.33. The van der Waals surface area contributed by atoms with E-state index in [1.165, 1.54) is 6.08 Å². The van der Waals surface area contributed by atoms with Crippen molar-refractivity contribution in [1.82, 2.24) is 5.32 Å². The fourth-order valence-corrected chi connectivity index (χ4v) is 1.77. The minimum atomic E-state index is -0.226. The third-order valence-electron chi connectivity index (χ3n) is 2.40. The molecule has 86 valence electrons. The molecule has 3 nitrogen and oxygen atoms in total. The fraction of sp³-hybridized carbons (Fsp3) is 0.0909. The number of fused-ring (bicyclic) bond motifs is 1. The van der Waals surface area contributed by atoms with E-state index < -0.39 is 0 Å². The molecule has 2 aliphatic rings. The summed E-state index contributed by atoms with van der Waals surface area (Å²) in [6, 6.07) is 0. The number of carbonyl (C=O) groups is 2. The van der Waals surface area contributed by atoms with E-state index in [0.717, 1.165) is 0 Å². The summed E-state index contributed by atoms with van der Waals surface area (Å²) in [5, 5.41) is 2.60. The van der Waals surface area contributed by atoms with Crippen molar-refractivity contribution in [2.45, 2.75) is 6.42 Å². The first kappa shape index (κ1) is 16.6. The van der Waals surface area contributed by atoms with E-state index >= 15 is 0 Å². The van der Waals surface area contributed by atoms with E-state index in [4.69, 9.17) is 0 Å². The van der Waals surface area contributed by atoms with Gasteiger partial charge in [-0.05, 0) is 11.6 Å². The molecule has 0 saturated carbocycles. The molecule has 0 unspecified atom stereocenters. The van der Waals surface area contributed by atoms with Crippen LogP contribution in [0.3, 0.4) is 0 Å².